The topological polar surface area (TPSA) is 331 Å². The molecule has 3 heterocycles. The summed E-state index contributed by atoms with van der Waals surface area (Å²) in [6.45, 7) is 0. The van der Waals surface area contributed by atoms with Gasteiger partial charge in [0.05, 0.1) is 17.9 Å². The van der Waals surface area contributed by atoms with Crippen LogP contribution in [-0.4, -0.2) is 94.9 Å². The maximum atomic E-state index is 12.5. The van der Waals surface area contributed by atoms with Crippen molar-refractivity contribution in [2.45, 2.75) is 54.9 Å². The van der Waals surface area contributed by atoms with Crippen LogP contribution in [0.5, 0.6) is 86.2 Å². The molecule has 8 atom stereocenters. The van der Waals surface area contributed by atoms with E-state index >= 15 is 0 Å². The van der Waals surface area contributed by atoms with Gasteiger partial charge in [-0.15, -0.1) is 0 Å². The Balaban J connectivity index is 1.31. The Morgan fingerprint density at radius 3 is 1.29 bits per heavy atom. The van der Waals surface area contributed by atoms with E-state index in [1.54, 1.807) is 0 Å². The third-order valence-corrected chi connectivity index (χ3v) is 11.8. The molecule has 3 aliphatic heterocycles. The third-order valence-electron chi connectivity index (χ3n) is 11.8. The molecule has 0 saturated heterocycles. The van der Waals surface area contributed by atoms with Gasteiger partial charge in [-0.05, 0) is 53.1 Å². The minimum absolute atomic E-state index is 0.0127. The van der Waals surface area contributed by atoms with E-state index in [1.807, 2.05) is 0 Å². The highest BCUT2D eigenvalue weighted by Crippen LogP contribution is 2.62. The van der Waals surface area contributed by atoms with Crippen LogP contribution in [0.15, 0.2) is 78.9 Å². The zero-order chi connectivity index (χ0) is 44.9. The first-order chi connectivity index (χ1) is 29.9. The number of aliphatic hydroxyl groups excluding tert-OH is 3. The molecular formula is C45H38O18. The van der Waals surface area contributed by atoms with Crippen LogP contribution in [0.25, 0.3) is 0 Å². The highest BCUT2D eigenvalue weighted by atomic mass is 16.5. The molecule has 6 aromatic carbocycles. The standard InChI is InChI=1S/C45H38O18/c46-18-10-27(54)33-32(11-18)61-42(16-2-5-21(48)25(52)8-16)39(59)37(33)35-29(56)14-30(57)36-38(40(60)43(63-45(35)36)17-3-6-22(49)26(53)9-17)34-28(55)13-23(50)19-12-31(58)41(62-44(19)34)15-1-4-20(47)24(51)7-15/h1-11,13-14,31,37-43,46-60H,12H2/t31-,37?,38?,39?,40?,41+,42+,43+/m0/s1. The Hall–Kier alpha value is -7.80. The number of hydrogen-bond acceptors (Lipinski definition) is 18. The summed E-state index contributed by atoms with van der Waals surface area (Å²) >= 11 is 0. The number of ether oxygens (including phenoxy) is 3. The van der Waals surface area contributed by atoms with Crippen LogP contribution < -0.4 is 14.2 Å². The third kappa shape index (κ3) is 6.46. The average Bonchev–Trinajstić information content (AvgIpc) is 3.22. The van der Waals surface area contributed by atoms with E-state index in [2.05, 4.69) is 0 Å². The van der Waals surface area contributed by atoms with Crippen molar-refractivity contribution < 1.29 is 90.8 Å². The molecule has 15 N–H and O–H groups in total. The van der Waals surface area contributed by atoms with Crippen molar-refractivity contribution in [3.8, 4) is 86.2 Å². The Labute approximate surface area is 354 Å². The van der Waals surface area contributed by atoms with E-state index in [0.717, 1.165) is 60.7 Å². The molecule has 0 aromatic heterocycles. The summed E-state index contributed by atoms with van der Waals surface area (Å²) < 4.78 is 18.9. The van der Waals surface area contributed by atoms with Gasteiger partial charge in [0.1, 0.15) is 70.1 Å². The fourth-order valence-electron chi connectivity index (χ4n) is 8.94. The van der Waals surface area contributed by atoms with Crippen LogP contribution >= 0.6 is 0 Å². The lowest BCUT2D eigenvalue weighted by Crippen LogP contribution is -2.39. The lowest BCUT2D eigenvalue weighted by atomic mass is 9.73. The Morgan fingerprint density at radius 1 is 0.365 bits per heavy atom. The van der Waals surface area contributed by atoms with Gasteiger partial charge in [0.2, 0.25) is 0 Å². The predicted octanol–water partition coefficient (Wildman–Crippen LogP) is 4.44. The SMILES string of the molecule is Oc1cc(O)c2c(c1)O[C@H](c1ccc(O)c(O)c1)C(O)C2c1c(O)cc(O)c2c1O[C@H](c1ccc(O)c(O)c1)C(O)C2c1c(O)cc(O)c2c1O[C@H](c1ccc(O)c(O)c1)[C@@H](O)C2. The highest BCUT2D eigenvalue weighted by Gasteiger charge is 2.51. The molecule has 4 unspecified atom stereocenters. The second kappa shape index (κ2) is 14.7. The zero-order valence-corrected chi connectivity index (χ0v) is 32.3. The van der Waals surface area contributed by atoms with E-state index in [0.29, 0.717) is 0 Å². The molecule has 18 nitrogen and oxygen atoms in total. The Morgan fingerprint density at radius 2 is 0.778 bits per heavy atom. The van der Waals surface area contributed by atoms with Crippen molar-refractivity contribution >= 4 is 0 Å². The highest BCUT2D eigenvalue weighted by molar-refractivity contribution is 5.70. The van der Waals surface area contributed by atoms with Crippen LogP contribution in [0.3, 0.4) is 0 Å². The second-order valence-corrected chi connectivity index (χ2v) is 15.7. The second-order valence-electron chi connectivity index (χ2n) is 15.7. The number of fused-ring (bicyclic) bond motifs is 3. The lowest BCUT2D eigenvalue weighted by Gasteiger charge is -2.43. The summed E-state index contributed by atoms with van der Waals surface area (Å²) in [6, 6.07) is 14.4. The molecule has 0 aliphatic carbocycles. The van der Waals surface area contributed by atoms with E-state index in [1.165, 1.54) is 18.2 Å². The van der Waals surface area contributed by atoms with Gasteiger partial charge in [0, 0.05) is 58.5 Å². The smallest absolute Gasteiger partial charge is 0.157 e. The number of aromatic hydroxyl groups is 12. The number of phenols is 12. The summed E-state index contributed by atoms with van der Waals surface area (Å²) in [7, 11) is 0. The average molecular weight is 867 g/mol. The molecule has 3 aliphatic rings. The Kier molecular flexibility index (Phi) is 9.46. The molecule has 0 spiro atoms. The van der Waals surface area contributed by atoms with Crippen molar-refractivity contribution in [3.63, 3.8) is 0 Å². The van der Waals surface area contributed by atoms with Crippen molar-refractivity contribution in [2.24, 2.45) is 0 Å². The predicted molar refractivity (Wildman–Crippen MR) is 214 cm³/mol. The van der Waals surface area contributed by atoms with Gasteiger partial charge in [0.25, 0.3) is 0 Å². The van der Waals surface area contributed by atoms with E-state index in [-0.39, 0.29) is 62.4 Å². The van der Waals surface area contributed by atoms with Crippen LogP contribution in [0.4, 0.5) is 0 Å². The van der Waals surface area contributed by atoms with Crippen molar-refractivity contribution in [1.82, 2.24) is 0 Å². The molecule has 326 valence electrons. The molecular weight excluding hydrogens is 828 g/mol. The lowest BCUT2D eigenvalue weighted by molar-refractivity contribution is -0.00562. The molecule has 18 heteroatoms. The summed E-state index contributed by atoms with van der Waals surface area (Å²) in [5.74, 6) is -11.5. The van der Waals surface area contributed by atoms with E-state index < -0.39 is 123 Å². The summed E-state index contributed by atoms with van der Waals surface area (Å²) in [5, 5.41) is 166. The van der Waals surface area contributed by atoms with Crippen LogP contribution in [0.1, 0.15) is 74.7 Å². The van der Waals surface area contributed by atoms with Gasteiger partial charge in [0.15, 0.2) is 46.7 Å². The first-order valence-corrected chi connectivity index (χ1v) is 19.3. The zero-order valence-electron chi connectivity index (χ0n) is 32.3. The van der Waals surface area contributed by atoms with Crippen molar-refractivity contribution in [2.75, 3.05) is 0 Å². The fraction of sp³-hybridized carbons (Fsp3) is 0.200. The molecule has 6 aromatic rings. The van der Waals surface area contributed by atoms with Gasteiger partial charge < -0.3 is 90.8 Å². The van der Waals surface area contributed by atoms with Gasteiger partial charge in [-0.2, -0.15) is 0 Å². The minimum atomic E-state index is -1.90. The van der Waals surface area contributed by atoms with E-state index in [4.69, 9.17) is 14.2 Å². The van der Waals surface area contributed by atoms with Gasteiger partial charge in [-0.1, -0.05) is 18.2 Å². The number of aliphatic hydroxyl groups is 3. The quantitative estimate of drug-likeness (QED) is 0.106. The Bertz CT molecular complexity index is 2840. The normalized spacial score (nSPS) is 23.6. The largest absolute Gasteiger partial charge is 0.508 e. The molecule has 0 fully saturated rings. The maximum absolute atomic E-state index is 12.5. The molecule has 0 bridgehead atoms. The number of rotatable bonds is 5. The number of benzene rings is 6. The number of hydrogen-bond donors (Lipinski definition) is 15. The van der Waals surface area contributed by atoms with Crippen molar-refractivity contribution in [3.05, 3.63) is 123 Å². The summed E-state index contributed by atoms with van der Waals surface area (Å²) in [6.07, 6.45) is -9.93. The number of phenolic OH excluding ortho intramolecular Hbond substituents is 12. The first-order valence-electron chi connectivity index (χ1n) is 19.3. The molecule has 0 radical (unpaired) electrons. The summed E-state index contributed by atoms with van der Waals surface area (Å²) in [4.78, 5) is 0. The molecule has 9 rings (SSSR count). The van der Waals surface area contributed by atoms with E-state index in [9.17, 15) is 76.6 Å². The fourth-order valence-corrected chi connectivity index (χ4v) is 8.94. The van der Waals surface area contributed by atoms with Gasteiger partial charge >= 0.3 is 0 Å². The van der Waals surface area contributed by atoms with Gasteiger partial charge in [-0.25, -0.2) is 0 Å². The monoisotopic (exact) mass is 866 g/mol. The molecule has 0 saturated carbocycles. The van der Waals surface area contributed by atoms with Crippen LogP contribution in [0, 0.1) is 0 Å². The van der Waals surface area contributed by atoms with Crippen LogP contribution in [0.2, 0.25) is 0 Å². The maximum Gasteiger partial charge on any atom is 0.157 e. The van der Waals surface area contributed by atoms with Gasteiger partial charge in [-0.3, -0.25) is 0 Å². The van der Waals surface area contributed by atoms with Crippen LogP contribution in [-0.2, 0) is 6.42 Å². The van der Waals surface area contributed by atoms with Crippen molar-refractivity contribution in [1.29, 1.82) is 0 Å². The first kappa shape index (κ1) is 40.6. The molecule has 63 heavy (non-hydrogen) atoms. The minimum Gasteiger partial charge on any atom is -0.508 e. The molecule has 0 amide bonds. The summed E-state index contributed by atoms with van der Waals surface area (Å²) in [5.41, 5.74) is -1.10.